The van der Waals surface area contributed by atoms with E-state index in [1.807, 2.05) is 0 Å². The smallest absolute Gasteiger partial charge is 0.320 e. The maximum Gasteiger partial charge on any atom is 0.389 e. The van der Waals surface area contributed by atoms with Crippen molar-refractivity contribution >= 4 is 9.84 Å². The highest BCUT2D eigenvalue weighted by atomic mass is 32.2. The maximum atomic E-state index is 11.8. The summed E-state index contributed by atoms with van der Waals surface area (Å²) in [5.41, 5.74) is 0. The average Bonchev–Trinajstić information content (AvgIpc) is 2.15. The largest absolute Gasteiger partial charge is 0.389 e. The van der Waals surface area contributed by atoms with Gasteiger partial charge in [0, 0.05) is 6.42 Å². The van der Waals surface area contributed by atoms with Crippen molar-refractivity contribution in [1.29, 1.82) is 0 Å². The van der Waals surface area contributed by atoms with Crippen LogP contribution in [0.25, 0.3) is 0 Å². The molecule has 0 aromatic carbocycles. The molecule has 0 spiro atoms. The van der Waals surface area contributed by atoms with Crippen molar-refractivity contribution in [2.45, 2.75) is 38.3 Å². The summed E-state index contributed by atoms with van der Waals surface area (Å²) in [6.07, 6.45) is -3.78. The summed E-state index contributed by atoms with van der Waals surface area (Å²) < 4.78 is 58.2. The van der Waals surface area contributed by atoms with Crippen molar-refractivity contribution in [2.75, 3.05) is 25.1 Å². The van der Waals surface area contributed by atoms with Crippen LogP contribution in [0.15, 0.2) is 0 Å². The molecule has 0 bridgehead atoms. The number of hydrogen-bond donors (Lipinski definition) is 1. The van der Waals surface area contributed by atoms with Gasteiger partial charge in [-0.1, -0.05) is 6.42 Å². The van der Waals surface area contributed by atoms with Gasteiger partial charge in [0.1, 0.15) is 9.84 Å². The molecule has 1 N–H and O–H groups in total. The van der Waals surface area contributed by atoms with E-state index in [4.69, 9.17) is 0 Å². The molecule has 0 rings (SSSR count). The van der Waals surface area contributed by atoms with Crippen LogP contribution in [0.4, 0.5) is 13.2 Å². The van der Waals surface area contributed by atoms with Gasteiger partial charge in [-0.05, 0) is 32.9 Å². The summed E-state index contributed by atoms with van der Waals surface area (Å²) in [4.78, 5) is 0. The van der Waals surface area contributed by atoms with E-state index in [9.17, 15) is 21.6 Å². The number of hydrogen-bond acceptors (Lipinski definition) is 3. The third-order valence-corrected chi connectivity index (χ3v) is 4.12. The van der Waals surface area contributed by atoms with Crippen LogP contribution in [0.5, 0.6) is 0 Å². The van der Waals surface area contributed by atoms with Crippen LogP contribution in [0.2, 0.25) is 0 Å². The number of rotatable bonds is 9. The first-order valence-electron chi connectivity index (χ1n) is 5.68. The normalized spacial score (nSPS) is 12.9. The minimum atomic E-state index is -4.13. The quantitative estimate of drug-likeness (QED) is 0.656. The highest BCUT2D eigenvalue weighted by Gasteiger charge is 2.25. The Bertz CT molecular complexity index is 288. The number of alkyl halides is 3. The van der Waals surface area contributed by atoms with Gasteiger partial charge in [0.15, 0.2) is 0 Å². The van der Waals surface area contributed by atoms with Crippen LogP contribution >= 0.6 is 0 Å². The molecule has 0 saturated heterocycles. The number of nitrogens with one attached hydrogen (secondary N) is 1. The average molecular weight is 275 g/mol. The van der Waals surface area contributed by atoms with Gasteiger partial charge in [0.25, 0.3) is 0 Å². The van der Waals surface area contributed by atoms with Gasteiger partial charge in [0.05, 0.1) is 11.5 Å². The van der Waals surface area contributed by atoms with E-state index in [0.29, 0.717) is 25.8 Å². The highest BCUT2D eigenvalue weighted by Crippen LogP contribution is 2.22. The lowest BCUT2D eigenvalue weighted by Gasteiger charge is -2.06. The molecule has 0 aromatic rings. The van der Waals surface area contributed by atoms with Crippen LogP contribution in [-0.2, 0) is 9.84 Å². The molecular formula is C10H20F3NO2S. The van der Waals surface area contributed by atoms with E-state index in [0.717, 1.165) is 0 Å². The Kier molecular flexibility index (Phi) is 7.78. The summed E-state index contributed by atoms with van der Waals surface area (Å²) in [5.74, 6) is 0.0989. The lowest BCUT2D eigenvalue weighted by molar-refractivity contribution is -0.135. The van der Waals surface area contributed by atoms with E-state index in [-0.39, 0.29) is 17.9 Å². The fourth-order valence-corrected chi connectivity index (χ4v) is 2.83. The summed E-state index contributed by atoms with van der Waals surface area (Å²) in [6.45, 7) is 0.632. The molecular weight excluding hydrogens is 255 g/mol. The topological polar surface area (TPSA) is 46.2 Å². The van der Waals surface area contributed by atoms with E-state index in [1.54, 1.807) is 7.05 Å². The van der Waals surface area contributed by atoms with Crippen LogP contribution in [0, 0.1) is 0 Å². The maximum absolute atomic E-state index is 11.8. The van der Waals surface area contributed by atoms with E-state index >= 15 is 0 Å². The van der Waals surface area contributed by atoms with Crippen molar-refractivity contribution in [3.05, 3.63) is 0 Å². The van der Waals surface area contributed by atoms with Gasteiger partial charge < -0.3 is 5.32 Å². The molecule has 0 atom stereocenters. The Morgan fingerprint density at radius 2 is 1.59 bits per heavy atom. The van der Waals surface area contributed by atoms with Gasteiger partial charge in [-0.3, -0.25) is 0 Å². The van der Waals surface area contributed by atoms with Crippen LogP contribution in [0.1, 0.15) is 32.1 Å². The lowest BCUT2D eigenvalue weighted by Crippen LogP contribution is -2.16. The monoisotopic (exact) mass is 275 g/mol. The molecule has 0 aliphatic heterocycles. The van der Waals surface area contributed by atoms with E-state index < -0.39 is 22.4 Å². The van der Waals surface area contributed by atoms with Crippen LogP contribution in [-0.4, -0.2) is 39.7 Å². The van der Waals surface area contributed by atoms with Crippen molar-refractivity contribution in [1.82, 2.24) is 5.32 Å². The summed E-state index contributed by atoms with van der Waals surface area (Å²) in [6, 6.07) is 0. The van der Waals surface area contributed by atoms with Crippen molar-refractivity contribution in [2.24, 2.45) is 0 Å². The molecule has 0 aliphatic carbocycles. The zero-order chi connectivity index (χ0) is 13.4. The SMILES string of the molecule is CNCCCS(=O)(=O)CCCCCC(F)(F)F. The predicted molar refractivity (Wildman–Crippen MR) is 61.7 cm³/mol. The summed E-state index contributed by atoms with van der Waals surface area (Å²) in [7, 11) is -1.35. The first-order valence-corrected chi connectivity index (χ1v) is 7.51. The van der Waals surface area contributed by atoms with Crippen molar-refractivity contribution in [3.63, 3.8) is 0 Å². The van der Waals surface area contributed by atoms with Crippen molar-refractivity contribution < 1.29 is 21.6 Å². The molecule has 3 nitrogen and oxygen atoms in total. The summed E-state index contributed by atoms with van der Waals surface area (Å²) >= 11 is 0. The number of unbranched alkanes of at least 4 members (excludes halogenated alkanes) is 2. The molecule has 0 saturated carbocycles. The molecule has 0 radical (unpaired) electrons. The minimum Gasteiger partial charge on any atom is -0.320 e. The van der Waals surface area contributed by atoms with E-state index in [1.165, 1.54) is 0 Å². The first-order chi connectivity index (χ1) is 7.77. The first kappa shape index (κ1) is 16.7. The third kappa shape index (κ3) is 12.0. The van der Waals surface area contributed by atoms with Gasteiger partial charge in [-0.2, -0.15) is 13.2 Å². The molecule has 0 amide bonds. The summed E-state index contributed by atoms with van der Waals surface area (Å²) in [5, 5.41) is 2.84. The minimum absolute atomic E-state index is 0.00539. The van der Waals surface area contributed by atoms with E-state index in [2.05, 4.69) is 5.32 Å². The van der Waals surface area contributed by atoms with Crippen LogP contribution in [0.3, 0.4) is 0 Å². The molecule has 0 heterocycles. The Labute approximate surface area is 101 Å². The second kappa shape index (κ2) is 7.92. The Morgan fingerprint density at radius 3 is 2.12 bits per heavy atom. The zero-order valence-corrected chi connectivity index (χ0v) is 10.8. The third-order valence-electron chi connectivity index (χ3n) is 2.30. The van der Waals surface area contributed by atoms with Gasteiger partial charge in [0.2, 0.25) is 0 Å². The number of halogens is 3. The fourth-order valence-electron chi connectivity index (χ4n) is 1.40. The Hall–Kier alpha value is -0.300. The van der Waals surface area contributed by atoms with Gasteiger partial charge in [-0.25, -0.2) is 8.42 Å². The molecule has 7 heteroatoms. The van der Waals surface area contributed by atoms with Gasteiger partial charge in [-0.15, -0.1) is 0 Å². The predicted octanol–water partition coefficient (Wildman–Crippen LogP) is 2.13. The Morgan fingerprint density at radius 1 is 1.00 bits per heavy atom. The Balaban J connectivity index is 3.59. The van der Waals surface area contributed by atoms with Gasteiger partial charge >= 0.3 is 6.18 Å². The molecule has 17 heavy (non-hydrogen) atoms. The fraction of sp³-hybridized carbons (Fsp3) is 1.00. The highest BCUT2D eigenvalue weighted by molar-refractivity contribution is 7.91. The van der Waals surface area contributed by atoms with Crippen molar-refractivity contribution in [3.8, 4) is 0 Å². The lowest BCUT2D eigenvalue weighted by atomic mass is 10.2. The molecule has 0 aliphatic rings. The molecule has 0 aromatic heterocycles. The zero-order valence-electron chi connectivity index (χ0n) is 10.0. The second-order valence-corrected chi connectivity index (χ2v) is 6.34. The number of sulfone groups is 1. The van der Waals surface area contributed by atoms with Crippen LogP contribution < -0.4 is 5.32 Å². The molecule has 0 fully saturated rings. The standard InChI is InChI=1S/C10H20F3NO2S/c1-14-7-5-9-17(15,16)8-4-2-3-6-10(11,12)13/h14H,2-9H2,1H3. The second-order valence-electron chi connectivity index (χ2n) is 4.03. The molecule has 104 valence electrons. The molecule has 0 unspecified atom stereocenters.